The van der Waals surface area contributed by atoms with E-state index in [1.54, 1.807) is 12.1 Å². The zero-order valence-corrected chi connectivity index (χ0v) is 18.5. The van der Waals surface area contributed by atoms with E-state index in [1.165, 1.54) is 15.9 Å². The standard InChI is InChI=1S/C21H25ClN2O4S/c1-13-5-6-16(11-14(13)2)15(3)23-21(25)20-9-10-24(29(4,26)27)18-12-17(22)7-8-19(18)28-20/h5-8,11-12,15,20H,9-10H2,1-4H3,(H,23,25)/t15-,20+/m0/s1. The number of benzene rings is 2. The average molecular weight is 437 g/mol. The Hall–Kier alpha value is -2.25. The minimum absolute atomic E-state index is 0.127. The van der Waals surface area contributed by atoms with Gasteiger partial charge in [-0.05, 0) is 55.7 Å². The number of carbonyl (C=O) groups is 1. The first-order valence-electron chi connectivity index (χ1n) is 9.37. The molecule has 0 aliphatic carbocycles. The molecule has 0 bridgehead atoms. The quantitative estimate of drug-likeness (QED) is 0.791. The van der Waals surface area contributed by atoms with E-state index in [2.05, 4.69) is 11.4 Å². The SMILES string of the molecule is Cc1ccc([C@H](C)NC(=O)[C@H]2CCN(S(C)(=O)=O)c3cc(Cl)ccc3O2)cc1C. The number of amides is 1. The number of aryl methyl sites for hydroxylation is 2. The first-order chi connectivity index (χ1) is 13.6. The molecule has 2 aromatic carbocycles. The van der Waals surface area contributed by atoms with Gasteiger partial charge >= 0.3 is 0 Å². The largest absolute Gasteiger partial charge is 0.478 e. The van der Waals surface area contributed by atoms with Crippen molar-refractivity contribution in [1.82, 2.24) is 5.32 Å². The van der Waals surface area contributed by atoms with E-state index < -0.39 is 16.1 Å². The molecule has 6 nitrogen and oxygen atoms in total. The van der Waals surface area contributed by atoms with E-state index in [4.69, 9.17) is 16.3 Å². The molecule has 8 heteroatoms. The Kier molecular flexibility index (Phi) is 6.10. The Bertz CT molecular complexity index is 1040. The van der Waals surface area contributed by atoms with Gasteiger partial charge in [0.25, 0.3) is 5.91 Å². The van der Waals surface area contributed by atoms with E-state index in [-0.39, 0.29) is 24.9 Å². The summed E-state index contributed by atoms with van der Waals surface area (Å²) >= 11 is 6.05. The highest BCUT2D eigenvalue weighted by Gasteiger charge is 2.32. The van der Waals surface area contributed by atoms with Gasteiger partial charge in [-0.15, -0.1) is 0 Å². The van der Waals surface area contributed by atoms with Crippen LogP contribution in [0.3, 0.4) is 0 Å². The number of fused-ring (bicyclic) bond motifs is 1. The van der Waals surface area contributed by atoms with Crippen LogP contribution < -0.4 is 14.4 Å². The molecule has 3 rings (SSSR count). The van der Waals surface area contributed by atoms with Crippen LogP contribution in [-0.2, 0) is 14.8 Å². The lowest BCUT2D eigenvalue weighted by molar-refractivity contribution is -0.128. The zero-order valence-electron chi connectivity index (χ0n) is 16.9. The summed E-state index contributed by atoms with van der Waals surface area (Å²) in [6, 6.07) is 10.6. The maximum absolute atomic E-state index is 12.9. The molecule has 1 aliphatic rings. The van der Waals surface area contributed by atoms with Crippen LogP contribution in [-0.4, -0.2) is 33.2 Å². The van der Waals surface area contributed by atoms with Crippen molar-refractivity contribution in [2.24, 2.45) is 0 Å². The van der Waals surface area contributed by atoms with E-state index in [0.29, 0.717) is 16.5 Å². The number of hydrogen-bond donors (Lipinski definition) is 1. The van der Waals surface area contributed by atoms with Crippen molar-refractivity contribution < 1.29 is 17.9 Å². The van der Waals surface area contributed by atoms with Gasteiger partial charge in [0.05, 0.1) is 18.0 Å². The highest BCUT2D eigenvalue weighted by atomic mass is 35.5. The molecule has 2 aromatic rings. The number of rotatable bonds is 4. The van der Waals surface area contributed by atoms with Crippen molar-refractivity contribution >= 4 is 33.2 Å². The highest BCUT2D eigenvalue weighted by molar-refractivity contribution is 7.92. The fourth-order valence-corrected chi connectivity index (χ4v) is 4.41. The fourth-order valence-electron chi connectivity index (χ4n) is 3.30. The summed E-state index contributed by atoms with van der Waals surface area (Å²) in [4.78, 5) is 12.9. The van der Waals surface area contributed by atoms with Crippen molar-refractivity contribution in [1.29, 1.82) is 0 Å². The lowest BCUT2D eigenvalue weighted by Gasteiger charge is -2.21. The molecular formula is C21H25ClN2O4S. The second-order valence-corrected chi connectivity index (χ2v) is 9.76. The Morgan fingerprint density at radius 1 is 1.21 bits per heavy atom. The Balaban J connectivity index is 1.81. The first-order valence-corrected chi connectivity index (χ1v) is 11.6. The fraction of sp³-hybridized carbons (Fsp3) is 0.381. The topological polar surface area (TPSA) is 75.7 Å². The van der Waals surface area contributed by atoms with Gasteiger partial charge in [0, 0.05) is 18.0 Å². The van der Waals surface area contributed by atoms with Crippen LogP contribution in [0, 0.1) is 13.8 Å². The van der Waals surface area contributed by atoms with Crippen molar-refractivity contribution in [2.45, 2.75) is 39.3 Å². The van der Waals surface area contributed by atoms with Crippen LogP contribution in [0.1, 0.15) is 36.1 Å². The minimum Gasteiger partial charge on any atom is -0.478 e. The predicted octanol–water partition coefficient (Wildman–Crippen LogP) is 3.75. The highest BCUT2D eigenvalue weighted by Crippen LogP contribution is 2.36. The first kappa shape index (κ1) is 21.5. The number of hydrogen-bond acceptors (Lipinski definition) is 4. The van der Waals surface area contributed by atoms with Gasteiger partial charge in [0.15, 0.2) is 6.10 Å². The van der Waals surface area contributed by atoms with Gasteiger partial charge in [-0.25, -0.2) is 8.42 Å². The molecule has 0 saturated carbocycles. The molecule has 1 aliphatic heterocycles. The van der Waals surface area contributed by atoms with E-state index in [9.17, 15) is 13.2 Å². The van der Waals surface area contributed by atoms with Crippen LogP contribution in [0.2, 0.25) is 5.02 Å². The van der Waals surface area contributed by atoms with Crippen molar-refractivity contribution in [3.63, 3.8) is 0 Å². The summed E-state index contributed by atoms with van der Waals surface area (Å²) < 4.78 is 31.6. The molecule has 0 fully saturated rings. The maximum Gasteiger partial charge on any atom is 0.261 e. The van der Waals surface area contributed by atoms with E-state index in [1.807, 2.05) is 32.9 Å². The average Bonchev–Trinajstić information content (AvgIpc) is 2.83. The van der Waals surface area contributed by atoms with Crippen LogP contribution in [0.5, 0.6) is 5.75 Å². The Morgan fingerprint density at radius 2 is 1.93 bits per heavy atom. The normalized spacial score (nSPS) is 17.7. The number of halogens is 1. The minimum atomic E-state index is -3.54. The van der Waals surface area contributed by atoms with Crippen LogP contribution in [0.15, 0.2) is 36.4 Å². The van der Waals surface area contributed by atoms with Gasteiger partial charge < -0.3 is 10.1 Å². The predicted molar refractivity (Wildman–Crippen MR) is 115 cm³/mol. The Morgan fingerprint density at radius 3 is 2.59 bits per heavy atom. The maximum atomic E-state index is 12.9. The molecule has 0 radical (unpaired) electrons. The van der Waals surface area contributed by atoms with E-state index in [0.717, 1.165) is 17.4 Å². The number of nitrogens with zero attached hydrogens (tertiary/aromatic N) is 1. The zero-order chi connectivity index (χ0) is 21.3. The van der Waals surface area contributed by atoms with Crippen LogP contribution >= 0.6 is 11.6 Å². The monoisotopic (exact) mass is 436 g/mol. The van der Waals surface area contributed by atoms with Gasteiger partial charge in [-0.1, -0.05) is 29.8 Å². The molecule has 29 heavy (non-hydrogen) atoms. The second-order valence-electron chi connectivity index (χ2n) is 7.42. The summed E-state index contributed by atoms with van der Waals surface area (Å²) in [6.07, 6.45) is 0.542. The second kappa shape index (κ2) is 8.24. The third-order valence-electron chi connectivity index (χ3n) is 5.14. The summed E-state index contributed by atoms with van der Waals surface area (Å²) in [7, 11) is -3.54. The lowest BCUT2D eigenvalue weighted by atomic mass is 10.0. The molecule has 2 atom stereocenters. The summed E-state index contributed by atoms with van der Waals surface area (Å²) in [6.45, 7) is 6.11. The number of anilines is 1. The van der Waals surface area contributed by atoms with Crippen LogP contribution in [0.4, 0.5) is 5.69 Å². The Labute approximate surface area is 176 Å². The molecule has 0 unspecified atom stereocenters. The number of sulfonamides is 1. The third-order valence-corrected chi connectivity index (χ3v) is 6.55. The molecule has 0 spiro atoms. The third kappa shape index (κ3) is 4.85. The number of carbonyl (C=O) groups excluding carboxylic acids is 1. The molecule has 0 aromatic heterocycles. The van der Waals surface area contributed by atoms with Gasteiger partial charge in [0.2, 0.25) is 10.0 Å². The molecule has 1 amide bonds. The number of nitrogens with one attached hydrogen (secondary N) is 1. The molecule has 156 valence electrons. The van der Waals surface area contributed by atoms with Crippen molar-refractivity contribution in [2.75, 3.05) is 17.1 Å². The number of ether oxygens (including phenoxy) is 1. The molecule has 1 heterocycles. The summed E-state index contributed by atoms with van der Waals surface area (Å²) in [5, 5.41) is 3.37. The van der Waals surface area contributed by atoms with Gasteiger partial charge in [-0.2, -0.15) is 0 Å². The molecule has 0 saturated heterocycles. The smallest absolute Gasteiger partial charge is 0.261 e. The van der Waals surface area contributed by atoms with Crippen molar-refractivity contribution in [3.8, 4) is 5.75 Å². The van der Waals surface area contributed by atoms with E-state index >= 15 is 0 Å². The van der Waals surface area contributed by atoms with Crippen LogP contribution in [0.25, 0.3) is 0 Å². The lowest BCUT2D eigenvalue weighted by Crippen LogP contribution is -2.40. The summed E-state index contributed by atoms with van der Waals surface area (Å²) in [5.74, 6) is 0.0308. The summed E-state index contributed by atoms with van der Waals surface area (Å²) in [5.41, 5.74) is 3.69. The van der Waals surface area contributed by atoms with Gasteiger partial charge in [0.1, 0.15) is 5.75 Å². The van der Waals surface area contributed by atoms with Crippen molar-refractivity contribution in [3.05, 3.63) is 58.1 Å². The molecule has 1 N–H and O–H groups in total. The molecular weight excluding hydrogens is 412 g/mol. The van der Waals surface area contributed by atoms with Gasteiger partial charge in [-0.3, -0.25) is 9.10 Å².